The Hall–Kier alpha value is -1.56. The van der Waals surface area contributed by atoms with E-state index in [9.17, 15) is 9.59 Å². The van der Waals surface area contributed by atoms with E-state index in [0.29, 0.717) is 23.3 Å². The fraction of sp³-hybridized carbons (Fsp3) is 0.600. The number of hydrogen-bond acceptors (Lipinski definition) is 4. The predicted octanol–water partition coefficient (Wildman–Crippen LogP) is 3.91. The van der Waals surface area contributed by atoms with E-state index in [0.717, 1.165) is 32.1 Å². The standard InChI is InChI=1S/C20H24BrNO4/c1-25-16-4-2-3-15(6-16)22-17(23)11-26-18(24)19-7-13-5-14(8-19)10-20(21,9-13)12-19/h2-4,6,13-14H,5,7-12H2,1H3,(H,22,23). The molecule has 4 aliphatic rings. The molecule has 4 fully saturated rings. The molecule has 6 heteroatoms. The van der Waals surface area contributed by atoms with E-state index >= 15 is 0 Å². The summed E-state index contributed by atoms with van der Waals surface area (Å²) in [4.78, 5) is 25.0. The van der Waals surface area contributed by atoms with E-state index in [-0.39, 0.29) is 22.8 Å². The zero-order valence-corrected chi connectivity index (χ0v) is 16.5. The van der Waals surface area contributed by atoms with Crippen LogP contribution in [0.15, 0.2) is 24.3 Å². The van der Waals surface area contributed by atoms with Crippen molar-refractivity contribution in [1.82, 2.24) is 0 Å². The average Bonchev–Trinajstić information content (AvgIpc) is 2.57. The average molecular weight is 422 g/mol. The minimum Gasteiger partial charge on any atom is -0.497 e. The summed E-state index contributed by atoms with van der Waals surface area (Å²) >= 11 is 3.90. The maximum Gasteiger partial charge on any atom is 0.312 e. The van der Waals surface area contributed by atoms with Gasteiger partial charge in [0.1, 0.15) is 5.75 Å². The van der Waals surface area contributed by atoms with E-state index in [1.165, 1.54) is 6.42 Å². The van der Waals surface area contributed by atoms with Gasteiger partial charge in [0, 0.05) is 16.1 Å². The first-order valence-corrected chi connectivity index (χ1v) is 9.99. The Morgan fingerprint density at radius 2 is 1.96 bits per heavy atom. The fourth-order valence-electron chi connectivity index (χ4n) is 5.57. The molecule has 0 heterocycles. The molecule has 4 saturated carbocycles. The van der Waals surface area contributed by atoms with Gasteiger partial charge in [-0.15, -0.1) is 0 Å². The van der Waals surface area contributed by atoms with E-state index in [2.05, 4.69) is 21.2 Å². The highest BCUT2D eigenvalue weighted by Gasteiger charge is 2.60. The molecule has 2 unspecified atom stereocenters. The molecule has 5 nitrogen and oxygen atoms in total. The second-order valence-electron chi connectivity index (χ2n) is 8.25. The van der Waals surface area contributed by atoms with Gasteiger partial charge in [-0.05, 0) is 62.5 Å². The number of esters is 1. The summed E-state index contributed by atoms with van der Waals surface area (Å²) in [6.45, 7) is -0.248. The maximum absolute atomic E-state index is 12.9. The van der Waals surface area contributed by atoms with Crippen molar-refractivity contribution in [3.8, 4) is 5.75 Å². The largest absolute Gasteiger partial charge is 0.497 e. The van der Waals surface area contributed by atoms with Crippen LogP contribution in [0.5, 0.6) is 5.75 Å². The summed E-state index contributed by atoms with van der Waals surface area (Å²) in [5, 5.41) is 2.75. The molecule has 140 valence electrons. The second kappa shape index (κ2) is 6.55. The molecule has 0 radical (unpaired) electrons. The summed E-state index contributed by atoms with van der Waals surface area (Å²) in [6.07, 6.45) is 6.21. The SMILES string of the molecule is COc1cccc(NC(=O)COC(=O)C23CC4CC(CC(Br)(C4)C2)C3)c1. The Kier molecular flexibility index (Phi) is 4.49. The second-order valence-corrected chi connectivity index (χ2v) is 9.93. The quantitative estimate of drug-likeness (QED) is 0.577. The van der Waals surface area contributed by atoms with Gasteiger partial charge in [-0.25, -0.2) is 0 Å². The molecular weight excluding hydrogens is 398 g/mol. The molecule has 0 saturated heterocycles. The van der Waals surface area contributed by atoms with Crippen LogP contribution in [-0.2, 0) is 14.3 Å². The predicted molar refractivity (Wildman–Crippen MR) is 101 cm³/mol. The lowest BCUT2D eigenvalue weighted by molar-refractivity contribution is -0.170. The van der Waals surface area contributed by atoms with Crippen molar-refractivity contribution in [3.63, 3.8) is 0 Å². The van der Waals surface area contributed by atoms with Gasteiger partial charge in [0.2, 0.25) is 0 Å². The van der Waals surface area contributed by atoms with Gasteiger partial charge in [-0.1, -0.05) is 22.0 Å². The highest BCUT2D eigenvalue weighted by Crippen LogP contribution is 2.64. The lowest BCUT2D eigenvalue weighted by Gasteiger charge is -2.58. The van der Waals surface area contributed by atoms with Crippen LogP contribution in [0.25, 0.3) is 0 Å². The van der Waals surface area contributed by atoms with Gasteiger partial charge in [0.25, 0.3) is 5.91 Å². The molecule has 1 amide bonds. The molecule has 0 aliphatic heterocycles. The number of halogens is 1. The van der Waals surface area contributed by atoms with Gasteiger partial charge in [0.15, 0.2) is 6.61 Å². The Bertz CT molecular complexity index is 720. The van der Waals surface area contributed by atoms with Gasteiger partial charge < -0.3 is 14.8 Å². The minimum absolute atomic E-state index is 0.0962. The minimum atomic E-state index is -0.399. The zero-order valence-electron chi connectivity index (χ0n) is 14.9. The normalized spacial score (nSPS) is 34.4. The summed E-state index contributed by atoms with van der Waals surface area (Å²) in [6, 6.07) is 7.10. The molecule has 1 aromatic carbocycles. The molecule has 1 N–H and O–H groups in total. The third kappa shape index (κ3) is 3.36. The summed E-state index contributed by atoms with van der Waals surface area (Å²) in [5.74, 6) is 1.35. The van der Waals surface area contributed by atoms with Crippen LogP contribution in [0.3, 0.4) is 0 Å². The van der Waals surface area contributed by atoms with E-state index in [4.69, 9.17) is 9.47 Å². The highest BCUT2D eigenvalue weighted by atomic mass is 79.9. The van der Waals surface area contributed by atoms with Gasteiger partial charge in [0.05, 0.1) is 12.5 Å². The number of ether oxygens (including phenoxy) is 2. The van der Waals surface area contributed by atoms with Gasteiger partial charge in [-0.2, -0.15) is 0 Å². The molecular formula is C20H24BrNO4. The number of carbonyl (C=O) groups excluding carboxylic acids is 2. The molecule has 0 aromatic heterocycles. The first kappa shape index (κ1) is 17.8. The Balaban J connectivity index is 1.36. The number of carbonyl (C=O) groups is 2. The third-order valence-corrected chi connectivity index (χ3v) is 7.04. The lowest BCUT2D eigenvalue weighted by Crippen LogP contribution is -2.56. The van der Waals surface area contributed by atoms with Crippen LogP contribution in [0.4, 0.5) is 5.69 Å². The van der Waals surface area contributed by atoms with Crippen LogP contribution in [-0.4, -0.2) is 29.9 Å². The number of amides is 1. The number of rotatable bonds is 5. The van der Waals surface area contributed by atoms with Crippen molar-refractivity contribution in [2.75, 3.05) is 19.0 Å². The Morgan fingerprint density at radius 1 is 1.23 bits per heavy atom. The van der Waals surface area contributed by atoms with Gasteiger partial charge >= 0.3 is 5.97 Å². The van der Waals surface area contributed by atoms with E-state index < -0.39 is 5.41 Å². The topological polar surface area (TPSA) is 64.6 Å². The molecule has 4 aliphatic carbocycles. The molecule has 5 rings (SSSR count). The third-order valence-electron chi connectivity index (χ3n) is 6.11. The first-order chi connectivity index (χ1) is 12.4. The number of alkyl halides is 1. The molecule has 2 atom stereocenters. The lowest BCUT2D eigenvalue weighted by atomic mass is 9.49. The Labute approximate surface area is 161 Å². The summed E-state index contributed by atoms with van der Waals surface area (Å²) < 4.78 is 10.7. The van der Waals surface area contributed by atoms with Crippen molar-refractivity contribution in [3.05, 3.63) is 24.3 Å². The van der Waals surface area contributed by atoms with Crippen molar-refractivity contribution < 1.29 is 19.1 Å². The van der Waals surface area contributed by atoms with Crippen LogP contribution in [0, 0.1) is 17.3 Å². The molecule has 26 heavy (non-hydrogen) atoms. The van der Waals surface area contributed by atoms with Crippen molar-refractivity contribution in [2.45, 2.75) is 42.8 Å². The summed E-state index contributed by atoms with van der Waals surface area (Å²) in [7, 11) is 1.57. The van der Waals surface area contributed by atoms with Crippen molar-refractivity contribution in [1.29, 1.82) is 0 Å². The molecule has 4 bridgehead atoms. The van der Waals surface area contributed by atoms with Crippen LogP contribution >= 0.6 is 15.9 Å². The highest BCUT2D eigenvalue weighted by molar-refractivity contribution is 9.10. The first-order valence-electron chi connectivity index (χ1n) is 9.20. The fourth-order valence-corrected chi connectivity index (χ4v) is 7.02. The van der Waals surface area contributed by atoms with Crippen molar-refractivity contribution in [2.24, 2.45) is 17.3 Å². The monoisotopic (exact) mass is 421 g/mol. The van der Waals surface area contributed by atoms with Gasteiger partial charge in [-0.3, -0.25) is 9.59 Å². The number of hydrogen-bond donors (Lipinski definition) is 1. The van der Waals surface area contributed by atoms with Crippen molar-refractivity contribution >= 4 is 33.5 Å². The summed E-state index contributed by atoms with van der Waals surface area (Å²) in [5.41, 5.74) is 0.226. The number of methoxy groups -OCH3 is 1. The molecule has 1 aromatic rings. The number of nitrogens with one attached hydrogen (secondary N) is 1. The maximum atomic E-state index is 12.9. The zero-order chi connectivity index (χ0) is 18.4. The van der Waals surface area contributed by atoms with Crippen LogP contribution < -0.4 is 10.1 Å². The van der Waals surface area contributed by atoms with Crippen LogP contribution in [0.1, 0.15) is 38.5 Å². The number of anilines is 1. The molecule has 0 spiro atoms. The van der Waals surface area contributed by atoms with E-state index in [1.807, 2.05) is 0 Å². The number of benzene rings is 1. The van der Waals surface area contributed by atoms with E-state index in [1.54, 1.807) is 31.4 Å². The van der Waals surface area contributed by atoms with Crippen LogP contribution in [0.2, 0.25) is 0 Å². The Morgan fingerprint density at radius 3 is 2.62 bits per heavy atom. The smallest absolute Gasteiger partial charge is 0.312 e.